The van der Waals surface area contributed by atoms with Crippen LogP contribution in [0.4, 0.5) is 10.2 Å². The molecule has 4 nitrogen and oxygen atoms in total. The molecule has 8 heteroatoms. The summed E-state index contributed by atoms with van der Waals surface area (Å²) in [4.78, 5) is 13.0. The van der Waals surface area contributed by atoms with Gasteiger partial charge < -0.3 is 5.32 Å². The maximum absolute atomic E-state index is 13.3. The number of halogens is 3. The Kier molecular flexibility index (Phi) is 4.86. The van der Waals surface area contributed by atoms with E-state index in [1.165, 1.54) is 23.5 Å². The van der Waals surface area contributed by atoms with Gasteiger partial charge in [-0.25, -0.2) is 4.39 Å². The minimum atomic E-state index is -0.376. The molecule has 0 aliphatic heterocycles. The Hall–Kier alpha value is -2.41. The number of hydrogen-bond donors (Lipinski definition) is 1. The van der Waals surface area contributed by atoms with Gasteiger partial charge in [0.05, 0.1) is 11.6 Å². The van der Waals surface area contributed by atoms with Crippen molar-refractivity contribution in [2.24, 2.45) is 0 Å². The topological polar surface area (TPSA) is 46.9 Å². The van der Waals surface area contributed by atoms with Gasteiger partial charge in [-0.05, 0) is 23.8 Å². The lowest BCUT2D eigenvalue weighted by molar-refractivity contribution is 0.103. The van der Waals surface area contributed by atoms with Gasteiger partial charge in [0.25, 0.3) is 5.91 Å². The lowest BCUT2D eigenvalue weighted by atomic mass is 10.2. The molecule has 2 aromatic carbocycles. The van der Waals surface area contributed by atoms with Gasteiger partial charge in [-0.15, -0.1) is 11.3 Å². The standard InChI is InChI=1S/C19H12Cl2FN3OS/c20-14-10-25(9-11-4-3-5-12(22)8-11)24-18(14)23-19(26)17-16(21)13-6-1-2-7-15(13)27-17/h1-8,10H,9H2,(H,23,24,26). The highest BCUT2D eigenvalue weighted by Crippen LogP contribution is 2.35. The molecule has 0 spiro atoms. The fourth-order valence-electron chi connectivity index (χ4n) is 2.71. The number of hydrogen-bond acceptors (Lipinski definition) is 3. The van der Waals surface area contributed by atoms with E-state index in [2.05, 4.69) is 10.4 Å². The van der Waals surface area contributed by atoms with Crippen molar-refractivity contribution >= 4 is 56.3 Å². The predicted octanol–water partition coefficient (Wildman–Crippen LogP) is 5.84. The number of anilines is 1. The van der Waals surface area contributed by atoms with Crippen LogP contribution in [0.3, 0.4) is 0 Å². The summed E-state index contributed by atoms with van der Waals surface area (Å²) < 4.78 is 15.8. The van der Waals surface area contributed by atoms with Crippen molar-refractivity contribution in [1.29, 1.82) is 0 Å². The van der Waals surface area contributed by atoms with Gasteiger partial charge in [0.1, 0.15) is 15.7 Å². The van der Waals surface area contributed by atoms with E-state index in [0.29, 0.717) is 16.4 Å². The van der Waals surface area contributed by atoms with Crippen LogP contribution in [0.1, 0.15) is 15.2 Å². The van der Waals surface area contributed by atoms with E-state index in [-0.39, 0.29) is 22.6 Å². The average molecular weight is 420 g/mol. The van der Waals surface area contributed by atoms with E-state index in [1.54, 1.807) is 23.0 Å². The Bertz CT molecular complexity index is 1160. The second-order valence-electron chi connectivity index (χ2n) is 5.85. The maximum atomic E-state index is 13.3. The Labute approximate surface area is 168 Å². The first-order chi connectivity index (χ1) is 13.0. The molecule has 0 aliphatic carbocycles. The summed E-state index contributed by atoms with van der Waals surface area (Å²) in [6, 6.07) is 13.7. The molecule has 0 radical (unpaired) electrons. The normalized spacial score (nSPS) is 11.1. The largest absolute Gasteiger partial charge is 0.303 e. The number of benzene rings is 2. The number of carbonyl (C=O) groups is 1. The number of carbonyl (C=O) groups excluding carboxylic acids is 1. The van der Waals surface area contributed by atoms with Gasteiger partial charge in [0.15, 0.2) is 5.82 Å². The Morgan fingerprint density at radius 3 is 2.78 bits per heavy atom. The first-order valence-electron chi connectivity index (χ1n) is 7.97. The highest BCUT2D eigenvalue weighted by molar-refractivity contribution is 7.21. The lowest BCUT2D eigenvalue weighted by Crippen LogP contribution is -2.12. The fourth-order valence-corrected chi connectivity index (χ4v) is 4.32. The van der Waals surface area contributed by atoms with Crippen molar-refractivity contribution in [2.45, 2.75) is 6.54 Å². The van der Waals surface area contributed by atoms with Crippen LogP contribution in [0, 0.1) is 5.82 Å². The Balaban J connectivity index is 1.56. The zero-order valence-corrected chi connectivity index (χ0v) is 16.1. The second kappa shape index (κ2) is 7.31. The van der Waals surface area contributed by atoms with Crippen LogP contribution in [0.5, 0.6) is 0 Å². The fraction of sp³-hybridized carbons (Fsp3) is 0.0526. The molecule has 0 saturated heterocycles. The molecular formula is C19H12Cl2FN3OS. The number of nitrogens with zero attached hydrogens (tertiary/aromatic N) is 2. The molecule has 0 saturated carbocycles. The van der Waals surface area contributed by atoms with E-state index >= 15 is 0 Å². The SMILES string of the molecule is O=C(Nc1nn(Cc2cccc(F)c2)cc1Cl)c1sc2ccccc2c1Cl. The van der Waals surface area contributed by atoms with Crippen LogP contribution in [0.2, 0.25) is 10.0 Å². The van der Waals surface area contributed by atoms with Crippen molar-refractivity contribution in [3.8, 4) is 0 Å². The molecule has 27 heavy (non-hydrogen) atoms. The van der Waals surface area contributed by atoms with Crippen LogP contribution in [-0.2, 0) is 6.54 Å². The summed E-state index contributed by atoms with van der Waals surface area (Å²) in [5.74, 6) is -0.468. The van der Waals surface area contributed by atoms with Crippen LogP contribution < -0.4 is 5.32 Å². The van der Waals surface area contributed by atoms with E-state index in [4.69, 9.17) is 23.2 Å². The summed E-state index contributed by atoms with van der Waals surface area (Å²) in [5, 5.41) is 8.50. The third-order valence-corrected chi connectivity index (χ3v) is 5.87. The summed E-state index contributed by atoms with van der Waals surface area (Å²) in [6.07, 6.45) is 1.58. The zero-order chi connectivity index (χ0) is 19.0. The summed E-state index contributed by atoms with van der Waals surface area (Å²) >= 11 is 13.8. The van der Waals surface area contributed by atoms with Crippen molar-refractivity contribution < 1.29 is 9.18 Å². The summed E-state index contributed by atoms with van der Waals surface area (Å²) in [7, 11) is 0. The van der Waals surface area contributed by atoms with Gasteiger partial charge in [-0.1, -0.05) is 53.5 Å². The van der Waals surface area contributed by atoms with Crippen LogP contribution in [-0.4, -0.2) is 15.7 Å². The maximum Gasteiger partial charge on any atom is 0.268 e. The van der Waals surface area contributed by atoms with Gasteiger partial charge in [0, 0.05) is 16.3 Å². The molecule has 1 N–H and O–H groups in total. The van der Waals surface area contributed by atoms with Crippen molar-refractivity contribution in [1.82, 2.24) is 9.78 Å². The van der Waals surface area contributed by atoms with E-state index < -0.39 is 0 Å². The van der Waals surface area contributed by atoms with E-state index in [1.807, 2.05) is 24.3 Å². The number of fused-ring (bicyclic) bond motifs is 1. The Morgan fingerprint density at radius 2 is 2.00 bits per heavy atom. The molecule has 0 unspecified atom stereocenters. The lowest BCUT2D eigenvalue weighted by Gasteiger charge is -2.03. The van der Waals surface area contributed by atoms with E-state index in [0.717, 1.165) is 15.6 Å². The smallest absolute Gasteiger partial charge is 0.268 e. The molecule has 0 bridgehead atoms. The molecule has 0 aliphatic rings. The molecule has 4 rings (SSSR count). The van der Waals surface area contributed by atoms with Crippen LogP contribution in [0.15, 0.2) is 54.7 Å². The molecular weight excluding hydrogens is 408 g/mol. The number of aromatic nitrogens is 2. The summed E-state index contributed by atoms with van der Waals surface area (Å²) in [6.45, 7) is 0.330. The van der Waals surface area contributed by atoms with Gasteiger partial charge in [-0.2, -0.15) is 5.10 Å². The van der Waals surface area contributed by atoms with E-state index in [9.17, 15) is 9.18 Å². The molecule has 2 aromatic heterocycles. The molecule has 2 heterocycles. The van der Waals surface area contributed by atoms with Crippen LogP contribution >= 0.6 is 34.5 Å². The second-order valence-corrected chi connectivity index (χ2v) is 7.69. The molecule has 0 atom stereocenters. The number of amides is 1. The number of rotatable bonds is 4. The van der Waals surface area contributed by atoms with Crippen LogP contribution in [0.25, 0.3) is 10.1 Å². The Morgan fingerprint density at radius 1 is 1.19 bits per heavy atom. The van der Waals surface area contributed by atoms with Crippen molar-refractivity contribution in [3.05, 3.63) is 81.0 Å². The third kappa shape index (κ3) is 3.69. The van der Waals surface area contributed by atoms with Crippen molar-refractivity contribution in [2.75, 3.05) is 5.32 Å². The van der Waals surface area contributed by atoms with Gasteiger partial charge in [-0.3, -0.25) is 9.48 Å². The summed E-state index contributed by atoms with van der Waals surface area (Å²) in [5.41, 5.74) is 0.736. The highest BCUT2D eigenvalue weighted by atomic mass is 35.5. The zero-order valence-electron chi connectivity index (χ0n) is 13.7. The monoisotopic (exact) mass is 419 g/mol. The highest BCUT2D eigenvalue weighted by Gasteiger charge is 2.19. The molecule has 1 amide bonds. The number of nitrogens with one attached hydrogen (secondary N) is 1. The van der Waals surface area contributed by atoms with Crippen molar-refractivity contribution in [3.63, 3.8) is 0 Å². The first kappa shape index (κ1) is 18.0. The molecule has 0 fully saturated rings. The minimum Gasteiger partial charge on any atom is -0.303 e. The number of thiophene rings is 1. The minimum absolute atomic E-state index is 0.228. The first-order valence-corrected chi connectivity index (χ1v) is 9.54. The third-order valence-electron chi connectivity index (χ3n) is 3.92. The predicted molar refractivity (Wildman–Crippen MR) is 108 cm³/mol. The molecule has 136 valence electrons. The molecule has 4 aromatic rings. The van der Waals surface area contributed by atoms with Gasteiger partial charge >= 0.3 is 0 Å². The van der Waals surface area contributed by atoms with Gasteiger partial charge in [0.2, 0.25) is 0 Å². The average Bonchev–Trinajstić information content (AvgIpc) is 3.15. The quantitative estimate of drug-likeness (QED) is 0.451.